The Labute approximate surface area is 138 Å². The number of nitrogens with zero attached hydrogens (tertiary/aromatic N) is 1. The van der Waals surface area contributed by atoms with Gasteiger partial charge in [0.15, 0.2) is 7.14 Å². The molecule has 6 nitrogen and oxygen atoms in total. The van der Waals surface area contributed by atoms with Gasteiger partial charge in [-0.2, -0.15) is 0 Å². The van der Waals surface area contributed by atoms with Crippen molar-refractivity contribution in [1.29, 1.82) is 0 Å². The number of quaternary nitrogens is 1. The first kappa shape index (κ1) is 21.6. The maximum absolute atomic E-state index is 13.5. The molecule has 0 amide bonds. The van der Waals surface area contributed by atoms with E-state index in [9.17, 15) is 19.3 Å². The zero-order chi connectivity index (χ0) is 18.4. The number of carbonyl (C=O) groups is 2. The van der Waals surface area contributed by atoms with E-state index in [2.05, 4.69) is 6.58 Å². The molecular weight excluding hydrogens is 317 g/mol. The smallest absolute Gasteiger partial charge is 0.333 e. The Hall–Kier alpha value is -1.39. The number of hydrogen-bond acceptors (Lipinski definition) is 5. The molecule has 0 bridgehead atoms. The van der Waals surface area contributed by atoms with Crippen LogP contribution in [0.2, 0.25) is 0 Å². The molecule has 0 aromatic heterocycles. The number of ether oxygens (including phenoxy) is 1. The van der Waals surface area contributed by atoms with Crippen LogP contribution in [0.5, 0.6) is 0 Å². The molecule has 0 aliphatic rings. The van der Waals surface area contributed by atoms with E-state index in [-0.39, 0.29) is 29.7 Å². The number of carboxylic acids is 1. The molecule has 0 saturated carbocycles. The summed E-state index contributed by atoms with van der Waals surface area (Å²) in [6, 6.07) is 0. The quantitative estimate of drug-likeness (QED) is 0.274. The fourth-order valence-electron chi connectivity index (χ4n) is 2.53. The lowest BCUT2D eigenvalue weighted by molar-refractivity contribution is -0.882. The van der Waals surface area contributed by atoms with Gasteiger partial charge in [-0.25, -0.2) is 4.79 Å². The van der Waals surface area contributed by atoms with Crippen LogP contribution >= 0.6 is 7.14 Å². The van der Waals surface area contributed by atoms with Crippen molar-refractivity contribution in [2.45, 2.75) is 33.0 Å². The first-order valence-corrected chi connectivity index (χ1v) is 9.51. The molecule has 23 heavy (non-hydrogen) atoms. The van der Waals surface area contributed by atoms with Gasteiger partial charge in [-0.05, 0) is 25.2 Å². The van der Waals surface area contributed by atoms with Crippen molar-refractivity contribution >= 4 is 19.1 Å². The van der Waals surface area contributed by atoms with Crippen LogP contribution in [0.4, 0.5) is 0 Å². The van der Waals surface area contributed by atoms with E-state index in [4.69, 9.17) is 4.74 Å². The molecule has 0 spiro atoms. The van der Waals surface area contributed by atoms with Crippen molar-refractivity contribution < 1.29 is 28.5 Å². The summed E-state index contributed by atoms with van der Waals surface area (Å²) in [5.41, 5.74) is 0.200. The standard InChI is InChI=1S/C16H28NO5P/c1-8-14(17(5,6)7)23(21,11-13(4)15(18)19)10-9-22-16(20)12(2)3/h11,14H,2,8-10H2,1,3-7H3/b13-11+. The van der Waals surface area contributed by atoms with E-state index in [1.807, 2.05) is 28.1 Å². The van der Waals surface area contributed by atoms with Crippen molar-refractivity contribution in [3.63, 3.8) is 0 Å². The summed E-state index contributed by atoms with van der Waals surface area (Å²) in [4.78, 5) is 22.5. The minimum absolute atomic E-state index is 0.0453. The van der Waals surface area contributed by atoms with Crippen LogP contribution in [-0.2, 0) is 18.9 Å². The Bertz CT molecular complexity index is 545. The highest BCUT2D eigenvalue weighted by atomic mass is 31.2. The van der Waals surface area contributed by atoms with E-state index in [0.29, 0.717) is 10.9 Å². The van der Waals surface area contributed by atoms with Crippen molar-refractivity contribution in [2.75, 3.05) is 33.9 Å². The maximum Gasteiger partial charge on any atom is 0.333 e. The second kappa shape index (κ2) is 8.46. The third kappa shape index (κ3) is 6.71. The SMILES string of the molecule is C=C(C)C(=O)OCCP(=O)(/C=C(\C)C(=O)[O-])C(CC)[N+](C)(C)C. The number of aliphatic carboxylic acids is 1. The number of hydrogen-bond donors (Lipinski definition) is 0. The first-order valence-electron chi connectivity index (χ1n) is 7.48. The fraction of sp³-hybridized carbons (Fsp3) is 0.625. The molecule has 0 rings (SSSR count). The van der Waals surface area contributed by atoms with Crippen molar-refractivity contribution in [2.24, 2.45) is 0 Å². The third-order valence-corrected chi connectivity index (χ3v) is 7.29. The van der Waals surface area contributed by atoms with Gasteiger partial charge >= 0.3 is 5.97 Å². The van der Waals surface area contributed by atoms with Crippen molar-refractivity contribution in [3.05, 3.63) is 23.5 Å². The van der Waals surface area contributed by atoms with Crippen LogP contribution in [0.15, 0.2) is 23.5 Å². The van der Waals surface area contributed by atoms with Crippen LogP contribution in [-0.4, -0.2) is 56.1 Å². The van der Waals surface area contributed by atoms with Crippen LogP contribution in [0.1, 0.15) is 27.2 Å². The van der Waals surface area contributed by atoms with E-state index in [1.165, 1.54) is 19.7 Å². The number of rotatable bonds is 9. The van der Waals surface area contributed by atoms with Gasteiger partial charge in [0, 0.05) is 18.2 Å². The van der Waals surface area contributed by atoms with E-state index >= 15 is 0 Å². The molecular formula is C16H28NO5P. The Morgan fingerprint density at radius 2 is 1.83 bits per heavy atom. The second-order valence-electron chi connectivity index (χ2n) is 6.60. The Kier molecular flexibility index (Phi) is 7.95. The fourth-order valence-corrected chi connectivity index (χ4v) is 6.06. The predicted octanol–water partition coefficient (Wildman–Crippen LogP) is 1.56. The van der Waals surface area contributed by atoms with E-state index in [0.717, 1.165) is 0 Å². The lowest BCUT2D eigenvalue weighted by Gasteiger charge is -2.37. The summed E-state index contributed by atoms with van der Waals surface area (Å²) in [5.74, 6) is -0.870. The number of esters is 1. The van der Waals surface area contributed by atoms with Gasteiger partial charge < -0.3 is 23.7 Å². The summed E-state index contributed by atoms with van der Waals surface area (Å²) in [5, 5.41) is 11.0. The molecule has 0 N–H and O–H groups in total. The lowest BCUT2D eigenvalue weighted by atomic mass is 10.4. The normalized spacial score (nSPS) is 16.3. The van der Waals surface area contributed by atoms with Gasteiger partial charge in [-0.15, -0.1) is 0 Å². The molecule has 0 aromatic carbocycles. The lowest BCUT2D eigenvalue weighted by Crippen LogP contribution is -2.45. The van der Waals surface area contributed by atoms with Gasteiger partial charge in [-0.1, -0.05) is 13.5 Å². The number of carbonyl (C=O) groups excluding carboxylic acids is 2. The summed E-state index contributed by atoms with van der Waals surface area (Å²) in [6.07, 6.45) is 0.691. The van der Waals surface area contributed by atoms with Crippen LogP contribution in [0.3, 0.4) is 0 Å². The molecule has 7 heteroatoms. The van der Waals surface area contributed by atoms with Gasteiger partial charge in [0.05, 0.1) is 33.7 Å². The highest BCUT2D eigenvalue weighted by Gasteiger charge is 2.39. The van der Waals surface area contributed by atoms with E-state index < -0.39 is 19.1 Å². The van der Waals surface area contributed by atoms with Gasteiger partial charge in [0.2, 0.25) is 0 Å². The minimum Gasteiger partial charge on any atom is -0.545 e. The topological polar surface area (TPSA) is 83.5 Å². The summed E-state index contributed by atoms with van der Waals surface area (Å²) >= 11 is 0. The Morgan fingerprint density at radius 3 is 2.17 bits per heavy atom. The monoisotopic (exact) mass is 345 g/mol. The van der Waals surface area contributed by atoms with Crippen molar-refractivity contribution in [1.82, 2.24) is 0 Å². The molecule has 2 unspecified atom stereocenters. The summed E-state index contributed by atoms with van der Waals surface area (Å²) < 4.78 is 18.9. The Morgan fingerprint density at radius 1 is 1.30 bits per heavy atom. The first-order chi connectivity index (χ1) is 10.3. The van der Waals surface area contributed by atoms with Gasteiger partial charge in [0.25, 0.3) is 0 Å². The summed E-state index contributed by atoms with van der Waals surface area (Å²) in [6.45, 7) is 8.24. The van der Waals surface area contributed by atoms with Gasteiger partial charge in [0.1, 0.15) is 5.78 Å². The zero-order valence-corrected chi connectivity index (χ0v) is 15.8. The average molecular weight is 345 g/mol. The minimum atomic E-state index is -3.07. The number of carboxylic acid groups (broad SMARTS) is 1. The molecule has 0 aliphatic heterocycles. The Balaban J connectivity index is 5.51. The van der Waals surface area contributed by atoms with Crippen LogP contribution in [0, 0.1) is 0 Å². The highest BCUT2D eigenvalue weighted by molar-refractivity contribution is 7.67. The van der Waals surface area contributed by atoms with Crippen LogP contribution < -0.4 is 5.11 Å². The largest absolute Gasteiger partial charge is 0.545 e. The molecule has 2 atom stereocenters. The second-order valence-corrected chi connectivity index (χ2v) is 9.61. The van der Waals surface area contributed by atoms with E-state index in [1.54, 1.807) is 0 Å². The van der Waals surface area contributed by atoms with Crippen LogP contribution in [0.25, 0.3) is 0 Å². The predicted molar refractivity (Wildman–Crippen MR) is 89.1 cm³/mol. The molecule has 0 saturated heterocycles. The molecule has 132 valence electrons. The zero-order valence-electron chi connectivity index (χ0n) is 14.9. The molecule has 0 radical (unpaired) electrons. The maximum atomic E-state index is 13.5. The third-order valence-electron chi connectivity index (χ3n) is 3.52. The average Bonchev–Trinajstić information content (AvgIpc) is 2.36. The molecule has 0 aromatic rings. The van der Waals surface area contributed by atoms with Crippen molar-refractivity contribution in [3.8, 4) is 0 Å². The highest BCUT2D eigenvalue weighted by Crippen LogP contribution is 2.56. The summed E-state index contributed by atoms with van der Waals surface area (Å²) in [7, 11) is 2.65. The molecule has 0 fully saturated rings. The van der Waals surface area contributed by atoms with Gasteiger partial charge in [-0.3, -0.25) is 0 Å². The molecule has 0 heterocycles. The molecule has 0 aliphatic carbocycles.